The van der Waals surface area contributed by atoms with Gasteiger partial charge in [-0.3, -0.25) is 9.78 Å². The summed E-state index contributed by atoms with van der Waals surface area (Å²) in [6, 6.07) is 25.0. The molecule has 32 heavy (non-hydrogen) atoms. The molecule has 0 aliphatic carbocycles. The van der Waals surface area contributed by atoms with Crippen LogP contribution in [0.1, 0.15) is 35.1 Å². The fraction of sp³-hybridized carbons (Fsp3) is 0.154. The number of para-hydroxylation sites is 1. The van der Waals surface area contributed by atoms with E-state index in [1.165, 1.54) is 0 Å². The van der Waals surface area contributed by atoms with Gasteiger partial charge >= 0.3 is 0 Å². The van der Waals surface area contributed by atoms with Crippen molar-refractivity contribution in [3.63, 3.8) is 0 Å². The molecule has 0 spiro atoms. The second-order valence-electron chi connectivity index (χ2n) is 7.75. The third-order valence-corrected chi connectivity index (χ3v) is 5.60. The lowest BCUT2D eigenvalue weighted by molar-refractivity contribution is 0.0730. The Morgan fingerprint density at radius 1 is 0.906 bits per heavy atom. The van der Waals surface area contributed by atoms with Gasteiger partial charge in [-0.2, -0.15) is 0 Å². The van der Waals surface area contributed by atoms with E-state index in [0.717, 1.165) is 29.8 Å². The molecule has 1 atom stereocenters. The van der Waals surface area contributed by atoms with Gasteiger partial charge in [0.1, 0.15) is 5.82 Å². The number of carbonyl (C=O) groups excluding carboxylic acids is 1. The number of aromatic nitrogens is 3. The van der Waals surface area contributed by atoms with E-state index >= 15 is 0 Å². The molecule has 6 heteroatoms. The molecule has 1 saturated heterocycles. The van der Waals surface area contributed by atoms with E-state index in [4.69, 9.17) is 9.97 Å². The predicted octanol–water partition coefficient (Wildman–Crippen LogP) is 5.26. The molecule has 1 amide bonds. The number of likely N-dealkylation sites (tertiary alicyclic amines) is 1. The summed E-state index contributed by atoms with van der Waals surface area (Å²) in [5, 5.41) is 3.38. The van der Waals surface area contributed by atoms with Gasteiger partial charge in [0.2, 0.25) is 0 Å². The van der Waals surface area contributed by atoms with Gasteiger partial charge in [-0.1, -0.05) is 36.4 Å². The van der Waals surface area contributed by atoms with Crippen LogP contribution in [0.4, 0.5) is 11.5 Å². The summed E-state index contributed by atoms with van der Waals surface area (Å²) in [5.74, 6) is 1.37. The Labute approximate surface area is 187 Å². The van der Waals surface area contributed by atoms with Crippen LogP contribution in [0.15, 0.2) is 91.3 Å². The minimum Gasteiger partial charge on any atom is -0.340 e. The van der Waals surface area contributed by atoms with Crippen molar-refractivity contribution in [2.45, 2.75) is 18.9 Å². The van der Waals surface area contributed by atoms with Crippen LogP contribution < -0.4 is 5.32 Å². The number of nitrogens with zero attached hydrogens (tertiary/aromatic N) is 4. The lowest BCUT2D eigenvalue weighted by atomic mass is 10.1. The first-order valence-corrected chi connectivity index (χ1v) is 10.8. The SMILES string of the molecule is O=C(c1ccccc1)N1CCC[C@H]1c1nc(Nc2ccccc2)cc(-c2ccncc2)n1. The number of anilines is 2. The first kappa shape index (κ1) is 19.9. The van der Waals surface area contributed by atoms with Crippen LogP contribution in [0.2, 0.25) is 0 Å². The highest BCUT2D eigenvalue weighted by molar-refractivity contribution is 5.94. The van der Waals surface area contributed by atoms with E-state index in [1.807, 2.05) is 83.8 Å². The molecule has 2 aromatic heterocycles. The third kappa shape index (κ3) is 4.21. The normalized spacial score (nSPS) is 15.5. The second kappa shape index (κ2) is 8.98. The molecule has 0 unspecified atom stereocenters. The van der Waals surface area contributed by atoms with Crippen molar-refractivity contribution >= 4 is 17.4 Å². The molecule has 5 rings (SSSR count). The Bertz CT molecular complexity index is 1200. The van der Waals surface area contributed by atoms with Gasteiger partial charge in [-0.25, -0.2) is 9.97 Å². The first-order valence-electron chi connectivity index (χ1n) is 10.8. The summed E-state index contributed by atoms with van der Waals surface area (Å²) in [6.07, 6.45) is 5.26. The van der Waals surface area contributed by atoms with Crippen molar-refractivity contribution in [2.24, 2.45) is 0 Å². The number of hydrogen-bond acceptors (Lipinski definition) is 5. The van der Waals surface area contributed by atoms with Crippen LogP contribution in [0, 0.1) is 0 Å². The molecule has 6 nitrogen and oxygen atoms in total. The highest BCUT2D eigenvalue weighted by Gasteiger charge is 2.33. The van der Waals surface area contributed by atoms with Crippen LogP contribution in [0.3, 0.4) is 0 Å². The second-order valence-corrected chi connectivity index (χ2v) is 7.75. The summed E-state index contributed by atoms with van der Waals surface area (Å²) in [6.45, 7) is 0.697. The van der Waals surface area contributed by atoms with Crippen molar-refractivity contribution in [2.75, 3.05) is 11.9 Å². The zero-order valence-electron chi connectivity index (χ0n) is 17.6. The Morgan fingerprint density at radius 3 is 2.38 bits per heavy atom. The van der Waals surface area contributed by atoms with Gasteiger partial charge < -0.3 is 10.2 Å². The number of amides is 1. The van der Waals surface area contributed by atoms with Crippen LogP contribution in [0.5, 0.6) is 0 Å². The average molecular weight is 422 g/mol. The highest BCUT2D eigenvalue weighted by Crippen LogP contribution is 2.33. The molecule has 2 aromatic carbocycles. The molecule has 0 saturated carbocycles. The fourth-order valence-corrected chi connectivity index (χ4v) is 4.04. The lowest BCUT2D eigenvalue weighted by Gasteiger charge is -2.24. The van der Waals surface area contributed by atoms with Gasteiger partial charge in [-0.15, -0.1) is 0 Å². The number of nitrogens with one attached hydrogen (secondary N) is 1. The number of hydrogen-bond donors (Lipinski definition) is 1. The van der Waals surface area contributed by atoms with Gasteiger partial charge in [0.15, 0.2) is 5.82 Å². The molecule has 158 valence electrons. The maximum absolute atomic E-state index is 13.2. The molecule has 1 aliphatic rings. The first-order chi connectivity index (χ1) is 15.8. The minimum atomic E-state index is -0.166. The third-order valence-electron chi connectivity index (χ3n) is 5.60. The number of pyridine rings is 1. The number of rotatable bonds is 5. The quantitative estimate of drug-likeness (QED) is 0.476. The summed E-state index contributed by atoms with van der Waals surface area (Å²) in [4.78, 5) is 28.9. The fourth-order valence-electron chi connectivity index (χ4n) is 4.04. The molecule has 0 radical (unpaired) electrons. The van der Waals surface area contributed by atoms with Gasteiger partial charge in [0.25, 0.3) is 5.91 Å². The standard InChI is InChI=1S/C26H23N5O/c32-26(20-8-3-1-4-9-20)31-17-7-12-23(31)25-29-22(19-13-15-27-16-14-19)18-24(30-25)28-21-10-5-2-6-11-21/h1-6,8-11,13-16,18,23H,7,12,17H2,(H,28,29,30)/t23-/m0/s1. The van der Waals surface area contributed by atoms with E-state index in [2.05, 4.69) is 10.3 Å². The molecule has 1 fully saturated rings. The van der Waals surface area contributed by atoms with E-state index < -0.39 is 0 Å². The van der Waals surface area contributed by atoms with Crippen molar-refractivity contribution in [1.29, 1.82) is 0 Å². The molecule has 3 heterocycles. The van der Waals surface area contributed by atoms with Crippen molar-refractivity contribution in [3.05, 3.63) is 103 Å². The number of carbonyl (C=O) groups is 1. The van der Waals surface area contributed by atoms with Crippen LogP contribution in [0.25, 0.3) is 11.3 Å². The molecule has 1 aliphatic heterocycles. The lowest BCUT2D eigenvalue weighted by Crippen LogP contribution is -2.31. The van der Waals surface area contributed by atoms with E-state index in [-0.39, 0.29) is 11.9 Å². The van der Waals surface area contributed by atoms with E-state index in [0.29, 0.717) is 23.8 Å². The average Bonchev–Trinajstić information content (AvgIpc) is 3.35. The Hall–Kier alpha value is -4.06. The van der Waals surface area contributed by atoms with Crippen molar-refractivity contribution in [1.82, 2.24) is 19.9 Å². The predicted molar refractivity (Wildman–Crippen MR) is 124 cm³/mol. The van der Waals surface area contributed by atoms with Crippen LogP contribution >= 0.6 is 0 Å². The molecule has 1 N–H and O–H groups in total. The van der Waals surface area contributed by atoms with Crippen LogP contribution in [-0.2, 0) is 0 Å². The summed E-state index contributed by atoms with van der Waals surface area (Å²) in [7, 11) is 0. The molecular formula is C26H23N5O. The molecule has 4 aromatic rings. The van der Waals surface area contributed by atoms with E-state index in [1.54, 1.807) is 12.4 Å². The number of benzene rings is 2. The van der Waals surface area contributed by atoms with Gasteiger partial charge in [-0.05, 0) is 49.2 Å². The van der Waals surface area contributed by atoms with Gasteiger partial charge in [0.05, 0.1) is 11.7 Å². The van der Waals surface area contributed by atoms with Crippen LogP contribution in [-0.4, -0.2) is 32.3 Å². The van der Waals surface area contributed by atoms with Gasteiger partial charge in [0, 0.05) is 41.8 Å². The zero-order chi connectivity index (χ0) is 21.8. The maximum atomic E-state index is 13.2. The zero-order valence-corrected chi connectivity index (χ0v) is 17.6. The van der Waals surface area contributed by atoms with Crippen molar-refractivity contribution < 1.29 is 4.79 Å². The Balaban J connectivity index is 1.53. The smallest absolute Gasteiger partial charge is 0.254 e. The summed E-state index contributed by atoms with van der Waals surface area (Å²) >= 11 is 0. The Morgan fingerprint density at radius 2 is 1.62 bits per heavy atom. The summed E-state index contributed by atoms with van der Waals surface area (Å²) in [5.41, 5.74) is 3.39. The minimum absolute atomic E-state index is 0.0172. The monoisotopic (exact) mass is 421 g/mol. The molecular weight excluding hydrogens is 398 g/mol. The van der Waals surface area contributed by atoms with E-state index in [9.17, 15) is 4.79 Å². The Kier molecular flexibility index (Phi) is 5.58. The largest absolute Gasteiger partial charge is 0.340 e. The topological polar surface area (TPSA) is 71.0 Å². The highest BCUT2D eigenvalue weighted by atomic mass is 16.2. The molecule has 0 bridgehead atoms. The summed E-state index contributed by atoms with van der Waals surface area (Å²) < 4.78 is 0. The maximum Gasteiger partial charge on any atom is 0.254 e. The van der Waals surface area contributed by atoms with Crippen molar-refractivity contribution in [3.8, 4) is 11.3 Å².